The number of rotatable bonds is 0. The molecule has 1 atom stereocenters. The molecule has 0 saturated carbocycles. The molecule has 0 fully saturated rings. The average Bonchev–Trinajstić information content (AvgIpc) is 2.53. The largest absolute Gasteiger partial charge is 0.489 e. The zero-order valence-electron chi connectivity index (χ0n) is 9.62. The van der Waals surface area contributed by atoms with E-state index in [4.69, 9.17) is 9.47 Å². The normalized spacial score (nSPS) is 25.3. The number of hydrogen-bond donors (Lipinski definition) is 1. The number of benzene rings is 1. The molecule has 0 radical (unpaired) electrons. The van der Waals surface area contributed by atoms with E-state index in [1.807, 2.05) is 12.1 Å². The molecular weight excluding hydrogens is 204 g/mol. The minimum atomic E-state index is -0.415. The number of aliphatic hydroxyl groups excluding tert-OH is 1. The predicted molar refractivity (Wildman–Crippen MR) is 59.9 cm³/mol. The van der Waals surface area contributed by atoms with Crippen LogP contribution < -0.4 is 9.47 Å². The van der Waals surface area contributed by atoms with E-state index in [-0.39, 0.29) is 5.60 Å². The third kappa shape index (κ3) is 1.39. The third-order valence-electron chi connectivity index (χ3n) is 3.22. The monoisotopic (exact) mass is 220 g/mol. The van der Waals surface area contributed by atoms with Crippen LogP contribution in [0.25, 0.3) is 0 Å². The van der Waals surface area contributed by atoms with Crippen molar-refractivity contribution in [1.29, 1.82) is 0 Å². The van der Waals surface area contributed by atoms with Crippen LogP contribution >= 0.6 is 0 Å². The predicted octanol–water partition coefficient (Wildman–Crippen LogP) is 2.22. The summed E-state index contributed by atoms with van der Waals surface area (Å²) in [6.07, 6.45) is 1.14. The van der Waals surface area contributed by atoms with Gasteiger partial charge in [0.2, 0.25) is 0 Å². The molecule has 0 aromatic heterocycles. The maximum Gasteiger partial charge on any atom is 0.167 e. The molecule has 1 aromatic carbocycles. The lowest BCUT2D eigenvalue weighted by Crippen LogP contribution is -2.25. The molecule has 1 aromatic rings. The molecular formula is C13H16O3. The fourth-order valence-electron chi connectivity index (χ4n) is 2.48. The van der Waals surface area contributed by atoms with Crippen molar-refractivity contribution >= 4 is 0 Å². The van der Waals surface area contributed by atoms with Crippen LogP contribution in [-0.2, 0) is 6.42 Å². The van der Waals surface area contributed by atoms with Gasteiger partial charge < -0.3 is 14.6 Å². The van der Waals surface area contributed by atoms with Crippen molar-refractivity contribution in [1.82, 2.24) is 0 Å². The van der Waals surface area contributed by atoms with Gasteiger partial charge >= 0.3 is 0 Å². The number of ether oxygens (including phenoxy) is 2. The van der Waals surface area contributed by atoms with Crippen LogP contribution in [0.5, 0.6) is 11.5 Å². The maximum atomic E-state index is 9.89. The second-order valence-corrected chi connectivity index (χ2v) is 5.16. The van der Waals surface area contributed by atoms with Crippen molar-refractivity contribution in [3.63, 3.8) is 0 Å². The molecule has 0 unspecified atom stereocenters. The molecule has 2 aliphatic heterocycles. The lowest BCUT2D eigenvalue weighted by molar-refractivity contribution is 0.101. The van der Waals surface area contributed by atoms with E-state index in [1.54, 1.807) is 0 Å². The Labute approximate surface area is 95.0 Å². The van der Waals surface area contributed by atoms with Gasteiger partial charge in [-0.25, -0.2) is 0 Å². The number of hydrogen-bond acceptors (Lipinski definition) is 3. The topological polar surface area (TPSA) is 38.7 Å². The van der Waals surface area contributed by atoms with E-state index < -0.39 is 6.10 Å². The van der Waals surface area contributed by atoms with E-state index in [0.29, 0.717) is 13.0 Å². The molecule has 0 saturated heterocycles. The Hall–Kier alpha value is -1.22. The Balaban J connectivity index is 2.11. The van der Waals surface area contributed by atoms with E-state index in [9.17, 15) is 5.11 Å². The highest BCUT2D eigenvalue weighted by molar-refractivity contribution is 5.56. The quantitative estimate of drug-likeness (QED) is 0.728. The molecule has 0 amide bonds. The Bertz CT molecular complexity index is 437. The molecule has 2 aliphatic rings. The summed E-state index contributed by atoms with van der Waals surface area (Å²) < 4.78 is 11.5. The zero-order valence-corrected chi connectivity index (χ0v) is 9.62. The van der Waals surface area contributed by atoms with E-state index in [0.717, 1.165) is 23.5 Å². The van der Waals surface area contributed by atoms with Gasteiger partial charge in [-0.3, -0.25) is 0 Å². The summed E-state index contributed by atoms with van der Waals surface area (Å²) in [6, 6.07) is 4.00. The molecule has 3 nitrogen and oxygen atoms in total. The first-order chi connectivity index (χ1) is 7.57. The highest BCUT2D eigenvalue weighted by Gasteiger charge is 2.35. The first kappa shape index (κ1) is 9.97. The summed E-state index contributed by atoms with van der Waals surface area (Å²) in [5.74, 6) is 1.59. The summed E-state index contributed by atoms with van der Waals surface area (Å²) >= 11 is 0. The fourth-order valence-corrected chi connectivity index (χ4v) is 2.48. The van der Waals surface area contributed by atoms with Gasteiger partial charge in [-0.1, -0.05) is 12.1 Å². The van der Waals surface area contributed by atoms with Gasteiger partial charge in [-0.05, 0) is 13.8 Å². The first-order valence-electron chi connectivity index (χ1n) is 5.72. The second kappa shape index (κ2) is 3.14. The SMILES string of the molecule is CC1(C)Cc2ccc3c(c2O1)OCC[C@H]3O. The molecule has 3 rings (SSSR count). The number of aliphatic hydroxyl groups is 1. The summed E-state index contributed by atoms with van der Waals surface area (Å²) in [4.78, 5) is 0. The van der Waals surface area contributed by atoms with Crippen molar-refractivity contribution < 1.29 is 14.6 Å². The fraction of sp³-hybridized carbons (Fsp3) is 0.538. The minimum Gasteiger partial charge on any atom is -0.489 e. The standard InChI is InChI=1S/C13H16O3/c1-13(2)7-8-3-4-9-10(14)5-6-15-12(9)11(8)16-13/h3-4,10,14H,5-7H2,1-2H3/t10-/m1/s1. The summed E-state index contributed by atoms with van der Waals surface area (Å²) in [6.45, 7) is 4.70. The molecule has 0 aliphatic carbocycles. The van der Waals surface area contributed by atoms with E-state index in [2.05, 4.69) is 13.8 Å². The van der Waals surface area contributed by atoms with Crippen LogP contribution in [0, 0.1) is 0 Å². The van der Waals surface area contributed by atoms with Crippen molar-refractivity contribution in [3.05, 3.63) is 23.3 Å². The van der Waals surface area contributed by atoms with Crippen LogP contribution in [0.4, 0.5) is 0 Å². The Morgan fingerprint density at radius 3 is 2.94 bits per heavy atom. The minimum absolute atomic E-state index is 0.163. The van der Waals surface area contributed by atoms with Gasteiger partial charge in [0.25, 0.3) is 0 Å². The molecule has 1 N–H and O–H groups in total. The Kier molecular flexibility index (Phi) is 1.96. The van der Waals surface area contributed by atoms with Crippen molar-refractivity contribution in [3.8, 4) is 11.5 Å². The molecule has 16 heavy (non-hydrogen) atoms. The highest BCUT2D eigenvalue weighted by atomic mass is 16.5. The molecule has 3 heteroatoms. The molecule has 2 heterocycles. The van der Waals surface area contributed by atoms with Crippen molar-refractivity contribution in [2.75, 3.05) is 6.61 Å². The van der Waals surface area contributed by atoms with Gasteiger partial charge in [-0.2, -0.15) is 0 Å². The van der Waals surface area contributed by atoms with Gasteiger partial charge in [0.05, 0.1) is 12.7 Å². The molecule has 0 bridgehead atoms. The van der Waals surface area contributed by atoms with Gasteiger partial charge in [0.1, 0.15) is 5.60 Å². The second-order valence-electron chi connectivity index (χ2n) is 5.16. The lowest BCUT2D eigenvalue weighted by Gasteiger charge is -2.24. The molecule has 86 valence electrons. The highest BCUT2D eigenvalue weighted by Crippen LogP contribution is 2.47. The number of fused-ring (bicyclic) bond motifs is 3. The summed E-state index contributed by atoms with van der Waals surface area (Å²) in [7, 11) is 0. The third-order valence-corrected chi connectivity index (χ3v) is 3.22. The van der Waals surface area contributed by atoms with E-state index >= 15 is 0 Å². The van der Waals surface area contributed by atoms with Crippen LogP contribution in [0.3, 0.4) is 0 Å². The molecule has 0 spiro atoms. The maximum absolute atomic E-state index is 9.89. The summed E-state index contributed by atoms with van der Waals surface area (Å²) in [5.41, 5.74) is 1.88. The lowest BCUT2D eigenvalue weighted by atomic mass is 9.97. The van der Waals surface area contributed by atoms with Gasteiger partial charge in [-0.15, -0.1) is 0 Å². The van der Waals surface area contributed by atoms with Crippen LogP contribution in [0.2, 0.25) is 0 Å². The average molecular weight is 220 g/mol. The van der Waals surface area contributed by atoms with Gasteiger partial charge in [0, 0.05) is 24.0 Å². The van der Waals surface area contributed by atoms with Crippen LogP contribution in [-0.4, -0.2) is 17.3 Å². The Morgan fingerprint density at radius 1 is 1.31 bits per heavy atom. The van der Waals surface area contributed by atoms with Gasteiger partial charge in [0.15, 0.2) is 11.5 Å². The smallest absolute Gasteiger partial charge is 0.167 e. The van der Waals surface area contributed by atoms with E-state index in [1.165, 1.54) is 5.56 Å². The zero-order chi connectivity index (χ0) is 11.3. The first-order valence-corrected chi connectivity index (χ1v) is 5.72. The van der Waals surface area contributed by atoms with Crippen molar-refractivity contribution in [2.24, 2.45) is 0 Å². The van der Waals surface area contributed by atoms with Crippen LogP contribution in [0.15, 0.2) is 12.1 Å². The van der Waals surface area contributed by atoms with Crippen LogP contribution in [0.1, 0.15) is 37.5 Å². The summed E-state index contributed by atoms with van der Waals surface area (Å²) in [5, 5.41) is 9.89. The van der Waals surface area contributed by atoms with Crippen molar-refractivity contribution in [2.45, 2.75) is 38.4 Å². The Morgan fingerprint density at radius 2 is 2.12 bits per heavy atom.